The van der Waals surface area contributed by atoms with Crippen LogP contribution < -0.4 is 14.8 Å². The van der Waals surface area contributed by atoms with E-state index in [1.807, 2.05) is 6.07 Å². The third kappa shape index (κ3) is 3.51. The molecule has 0 saturated heterocycles. The molecule has 0 fully saturated rings. The lowest BCUT2D eigenvalue weighted by Crippen LogP contribution is -2.01. The van der Waals surface area contributed by atoms with Crippen LogP contribution in [0.1, 0.15) is 16.0 Å². The molecule has 0 amide bonds. The maximum Gasteiger partial charge on any atom is 0.231 e. The van der Waals surface area contributed by atoms with Crippen LogP contribution in [0.4, 0.5) is 5.82 Å². The van der Waals surface area contributed by atoms with Gasteiger partial charge in [0, 0.05) is 10.3 Å². The van der Waals surface area contributed by atoms with Gasteiger partial charge in [-0.3, -0.25) is 0 Å². The number of fused-ring (bicyclic) bond motifs is 2. The Hall–Kier alpha value is -3.12. The number of nitrogens with zero attached hydrogens (tertiary/aromatic N) is 2. The summed E-state index contributed by atoms with van der Waals surface area (Å²) in [5.74, 6) is 2.54. The molecule has 6 heteroatoms. The Morgan fingerprint density at radius 2 is 1.79 bits per heavy atom. The molecular weight excluding hydrogens is 370 g/mol. The van der Waals surface area contributed by atoms with Gasteiger partial charge in [0.2, 0.25) is 6.79 Å². The van der Waals surface area contributed by atoms with E-state index >= 15 is 0 Å². The first-order valence-corrected chi connectivity index (χ1v) is 10.1. The van der Waals surface area contributed by atoms with E-state index < -0.39 is 0 Å². The number of nitrogens with one attached hydrogen (secondary N) is 1. The minimum Gasteiger partial charge on any atom is -0.454 e. The molecule has 0 radical (unpaired) electrons. The van der Waals surface area contributed by atoms with Gasteiger partial charge in [-0.1, -0.05) is 18.2 Å². The van der Waals surface area contributed by atoms with Crippen LogP contribution in [0.2, 0.25) is 0 Å². The molecule has 1 N–H and O–H groups in total. The van der Waals surface area contributed by atoms with Crippen molar-refractivity contribution < 1.29 is 9.47 Å². The van der Waals surface area contributed by atoms with Crippen LogP contribution in [0.25, 0.3) is 10.9 Å². The van der Waals surface area contributed by atoms with Gasteiger partial charge in [0.1, 0.15) is 12.1 Å². The summed E-state index contributed by atoms with van der Waals surface area (Å²) in [6.07, 6.45) is 3.49. The SMILES string of the molecule is c1csc(CNc2ncnc3ccc(CCc4ccc5c(c4)OCO5)cc23)c1. The monoisotopic (exact) mass is 389 g/mol. The van der Waals surface area contributed by atoms with Crippen LogP contribution in [0.3, 0.4) is 0 Å². The van der Waals surface area contributed by atoms with Gasteiger partial charge in [-0.2, -0.15) is 0 Å². The molecule has 0 saturated carbocycles. The van der Waals surface area contributed by atoms with Gasteiger partial charge >= 0.3 is 0 Å². The smallest absolute Gasteiger partial charge is 0.231 e. The summed E-state index contributed by atoms with van der Waals surface area (Å²) in [6, 6.07) is 16.8. The second-order valence-corrected chi connectivity index (χ2v) is 7.73. The summed E-state index contributed by atoms with van der Waals surface area (Å²) >= 11 is 1.74. The summed E-state index contributed by atoms with van der Waals surface area (Å²) < 4.78 is 10.9. The van der Waals surface area contributed by atoms with Gasteiger partial charge in [0.25, 0.3) is 0 Å². The molecule has 0 atom stereocenters. The number of aryl methyl sites for hydroxylation is 2. The summed E-state index contributed by atoms with van der Waals surface area (Å²) in [5.41, 5.74) is 3.46. The first-order chi connectivity index (χ1) is 13.8. The van der Waals surface area contributed by atoms with E-state index in [-0.39, 0.29) is 0 Å². The van der Waals surface area contributed by atoms with Crippen molar-refractivity contribution >= 4 is 28.1 Å². The predicted molar refractivity (Wildman–Crippen MR) is 111 cm³/mol. The van der Waals surface area contributed by atoms with E-state index in [2.05, 4.69) is 63.1 Å². The maximum absolute atomic E-state index is 5.48. The van der Waals surface area contributed by atoms with Gasteiger partial charge in [0.15, 0.2) is 11.5 Å². The topological polar surface area (TPSA) is 56.3 Å². The van der Waals surface area contributed by atoms with Gasteiger partial charge in [-0.25, -0.2) is 9.97 Å². The Kier molecular flexibility index (Phi) is 4.54. The number of thiophene rings is 1. The number of rotatable bonds is 6. The highest BCUT2D eigenvalue weighted by atomic mass is 32.1. The largest absolute Gasteiger partial charge is 0.454 e. The predicted octanol–water partition coefficient (Wildman–Crippen LogP) is 4.82. The van der Waals surface area contributed by atoms with Crippen molar-refractivity contribution in [1.29, 1.82) is 0 Å². The van der Waals surface area contributed by atoms with Gasteiger partial charge in [0.05, 0.1) is 12.1 Å². The first-order valence-electron chi connectivity index (χ1n) is 9.23. The molecule has 2 aromatic heterocycles. The number of benzene rings is 2. The molecule has 3 heterocycles. The highest BCUT2D eigenvalue weighted by molar-refractivity contribution is 7.09. The fourth-order valence-electron chi connectivity index (χ4n) is 3.37. The second-order valence-electron chi connectivity index (χ2n) is 6.69. The number of hydrogen-bond donors (Lipinski definition) is 1. The Bertz CT molecular complexity index is 1110. The maximum atomic E-state index is 5.48. The van der Waals surface area contributed by atoms with E-state index in [1.165, 1.54) is 16.0 Å². The van der Waals surface area contributed by atoms with Crippen molar-refractivity contribution in [2.75, 3.05) is 12.1 Å². The Morgan fingerprint density at radius 3 is 2.68 bits per heavy atom. The molecular formula is C22H19N3O2S. The molecule has 5 nitrogen and oxygen atoms in total. The average Bonchev–Trinajstić information content (AvgIpc) is 3.42. The normalized spacial score (nSPS) is 12.4. The molecule has 0 unspecified atom stereocenters. The lowest BCUT2D eigenvalue weighted by atomic mass is 10.0. The van der Waals surface area contributed by atoms with Crippen LogP contribution in [-0.2, 0) is 19.4 Å². The third-order valence-corrected chi connectivity index (χ3v) is 5.73. The highest BCUT2D eigenvalue weighted by Gasteiger charge is 2.13. The first kappa shape index (κ1) is 17.0. The zero-order chi connectivity index (χ0) is 18.8. The molecule has 0 bridgehead atoms. The van der Waals surface area contributed by atoms with Gasteiger partial charge < -0.3 is 14.8 Å². The van der Waals surface area contributed by atoms with Gasteiger partial charge in [-0.05, 0) is 59.7 Å². The summed E-state index contributed by atoms with van der Waals surface area (Å²) in [5, 5.41) is 6.59. The lowest BCUT2D eigenvalue weighted by molar-refractivity contribution is 0.174. The van der Waals surface area contributed by atoms with Crippen LogP contribution in [0.5, 0.6) is 11.5 Å². The quantitative estimate of drug-likeness (QED) is 0.512. The summed E-state index contributed by atoms with van der Waals surface area (Å²) in [6.45, 7) is 1.08. The van der Waals surface area contributed by atoms with Crippen LogP contribution in [0.15, 0.2) is 60.2 Å². The van der Waals surface area contributed by atoms with E-state index in [9.17, 15) is 0 Å². The Balaban J connectivity index is 1.34. The van der Waals surface area contributed by atoms with Crippen molar-refractivity contribution in [3.63, 3.8) is 0 Å². The van der Waals surface area contributed by atoms with E-state index in [0.29, 0.717) is 6.79 Å². The van der Waals surface area contributed by atoms with E-state index in [0.717, 1.165) is 47.6 Å². The van der Waals surface area contributed by atoms with Crippen molar-refractivity contribution in [3.8, 4) is 11.5 Å². The zero-order valence-corrected chi connectivity index (χ0v) is 16.0. The molecule has 0 spiro atoms. The number of anilines is 1. The molecule has 4 aromatic rings. The molecule has 28 heavy (non-hydrogen) atoms. The van der Waals surface area contributed by atoms with Crippen molar-refractivity contribution in [2.45, 2.75) is 19.4 Å². The fourth-order valence-corrected chi connectivity index (χ4v) is 4.01. The fraction of sp³-hybridized carbons (Fsp3) is 0.182. The van der Waals surface area contributed by atoms with Gasteiger partial charge in [-0.15, -0.1) is 11.3 Å². The molecule has 0 aliphatic carbocycles. The van der Waals surface area contributed by atoms with Crippen molar-refractivity contribution in [3.05, 3.63) is 76.2 Å². The molecule has 2 aromatic carbocycles. The van der Waals surface area contributed by atoms with Crippen molar-refractivity contribution in [2.24, 2.45) is 0 Å². The lowest BCUT2D eigenvalue weighted by Gasteiger charge is -2.09. The molecule has 1 aliphatic heterocycles. The minimum atomic E-state index is 0.310. The second kappa shape index (κ2) is 7.48. The Labute approximate surface area is 167 Å². The standard InChI is InChI=1S/C22H19N3O2S/c1-2-17(28-9-1)12-23-22-18-10-15(5-7-19(18)24-13-25-22)3-4-16-6-8-20-21(11-16)27-14-26-20/h1-2,5-11,13H,3-4,12,14H2,(H,23,24,25). The zero-order valence-electron chi connectivity index (χ0n) is 15.2. The number of aromatic nitrogens is 2. The minimum absolute atomic E-state index is 0.310. The third-order valence-electron chi connectivity index (χ3n) is 4.85. The van der Waals surface area contributed by atoms with Crippen LogP contribution >= 0.6 is 11.3 Å². The molecule has 1 aliphatic rings. The van der Waals surface area contributed by atoms with Crippen LogP contribution in [0, 0.1) is 0 Å². The number of hydrogen-bond acceptors (Lipinski definition) is 6. The van der Waals surface area contributed by atoms with Crippen LogP contribution in [-0.4, -0.2) is 16.8 Å². The number of ether oxygens (including phenoxy) is 2. The Morgan fingerprint density at radius 1 is 0.929 bits per heavy atom. The highest BCUT2D eigenvalue weighted by Crippen LogP contribution is 2.33. The molecule has 140 valence electrons. The van der Waals surface area contributed by atoms with E-state index in [4.69, 9.17) is 9.47 Å². The summed E-state index contributed by atoms with van der Waals surface area (Å²) in [7, 11) is 0. The van der Waals surface area contributed by atoms with Crippen molar-refractivity contribution in [1.82, 2.24) is 9.97 Å². The summed E-state index contributed by atoms with van der Waals surface area (Å²) in [4.78, 5) is 10.1. The average molecular weight is 389 g/mol. The van der Waals surface area contributed by atoms with E-state index in [1.54, 1.807) is 17.7 Å². The molecule has 5 rings (SSSR count).